The highest BCUT2D eigenvalue weighted by Crippen LogP contribution is 2.17. The molecule has 0 unspecified atom stereocenters. The standard InChI is InChI=1S/C16H15FN4O/c1-2-9-21-15-8-7-11(10-14(15)19-20-21)16(22)18-13-6-4-3-5-12(13)17/h3-8,10H,2,9H2,1H3,(H,18,22). The van der Waals surface area contributed by atoms with Crippen LogP contribution in [0.4, 0.5) is 10.1 Å². The molecule has 0 aliphatic carbocycles. The van der Waals surface area contributed by atoms with Crippen molar-refractivity contribution in [3.63, 3.8) is 0 Å². The van der Waals surface area contributed by atoms with Gasteiger partial charge in [-0.25, -0.2) is 9.07 Å². The molecule has 0 saturated heterocycles. The van der Waals surface area contributed by atoms with Crippen molar-refractivity contribution in [3.8, 4) is 0 Å². The van der Waals surface area contributed by atoms with Gasteiger partial charge in [0.15, 0.2) is 0 Å². The molecular weight excluding hydrogens is 283 g/mol. The van der Waals surface area contributed by atoms with Crippen LogP contribution in [0.5, 0.6) is 0 Å². The Kier molecular flexibility index (Phi) is 3.82. The number of aromatic nitrogens is 3. The van der Waals surface area contributed by atoms with Crippen molar-refractivity contribution in [2.75, 3.05) is 5.32 Å². The minimum Gasteiger partial charge on any atom is -0.319 e. The number of hydrogen-bond donors (Lipinski definition) is 1. The molecule has 0 radical (unpaired) electrons. The first-order chi connectivity index (χ1) is 10.7. The molecule has 0 aliphatic rings. The third kappa shape index (κ3) is 2.67. The van der Waals surface area contributed by atoms with Crippen LogP contribution in [0.1, 0.15) is 23.7 Å². The molecule has 1 aromatic heterocycles. The Hall–Kier alpha value is -2.76. The number of para-hydroxylation sites is 1. The van der Waals surface area contributed by atoms with E-state index >= 15 is 0 Å². The largest absolute Gasteiger partial charge is 0.319 e. The summed E-state index contributed by atoms with van der Waals surface area (Å²) in [4.78, 5) is 12.2. The number of nitrogens with zero attached hydrogens (tertiary/aromatic N) is 3. The van der Waals surface area contributed by atoms with Crippen LogP contribution in [-0.4, -0.2) is 20.9 Å². The average Bonchev–Trinajstić information content (AvgIpc) is 2.92. The lowest BCUT2D eigenvalue weighted by Gasteiger charge is -2.06. The van der Waals surface area contributed by atoms with Crippen LogP contribution in [0.2, 0.25) is 0 Å². The van der Waals surface area contributed by atoms with Gasteiger partial charge < -0.3 is 5.32 Å². The van der Waals surface area contributed by atoms with Crippen molar-refractivity contribution >= 4 is 22.6 Å². The molecular formula is C16H15FN4O. The van der Waals surface area contributed by atoms with Gasteiger partial charge in [0.25, 0.3) is 5.91 Å². The minimum absolute atomic E-state index is 0.155. The summed E-state index contributed by atoms with van der Waals surface area (Å²) >= 11 is 0. The van der Waals surface area contributed by atoms with Gasteiger partial charge in [0.1, 0.15) is 11.3 Å². The van der Waals surface area contributed by atoms with Gasteiger partial charge in [-0.1, -0.05) is 24.3 Å². The molecule has 1 heterocycles. The maximum absolute atomic E-state index is 13.6. The SMILES string of the molecule is CCCn1nnc2cc(C(=O)Nc3ccccc3F)ccc21. The molecule has 22 heavy (non-hydrogen) atoms. The van der Waals surface area contributed by atoms with Gasteiger partial charge >= 0.3 is 0 Å². The number of nitrogens with one attached hydrogen (secondary N) is 1. The van der Waals surface area contributed by atoms with Crippen molar-refractivity contribution < 1.29 is 9.18 Å². The van der Waals surface area contributed by atoms with Gasteiger partial charge in [0, 0.05) is 12.1 Å². The maximum atomic E-state index is 13.6. The zero-order valence-corrected chi connectivity index (χ0v) is 12.1. The second kappa shape index (κ2) is 5.93. The summed E-state index contributed by atoms with van der Waals surface area (Å²) in [5.41, 5.74) is 2.10. The maximum Gasteiger partial charge on any atom is 0.255 e. The molecule has 1 N–H and O–H groups in total. The first-order valence-electron chi connectivity index (χ1n) is 7.08. The quantitative estimate of drug-likeness (QED) is 0.804. The molecule has 0 saturated carbocycles. The highest BCUT2D eigenvalue weighted by Gasteiger charge is 2.11. The first-order valence-corrected chi connectivity index (χ1v) is 7.08. The number of aryl methyl sites for hydroxylation is 1. The van der Waals surface area contributed by atoms with E-state index in [1.165, 1.54) is 12.1 Å². The number of halogens is 1. The van der Waals surface area contributed by atoms with E-state index in [0.717, 1.165) is 18.5 Å². The summed E-state index contributed by atoms with van der Waals surface area (Å²) in [5, 5.41) is 10.7. The molecule has 112 valence electrons. The zero-order valence-electron chi connectivity index (χ0n) is 12.1. The van der Waals surface area contributed by atoms with E-state index < -0.39 is 5.82 Å². The number of hydrogen-bond acceptors (Lipinski definition) is 3. The van der Waals surface area contributed by atoms with E-state index in [-0.39, 0.29) is 11.6 Å². The summed E-state index contributed by atoms with van der Waals surface area (Å²) in [6.45, 7) is 2.83. The summed E-state index contributed by atoms with van der Waals surface area (Å²) in [6.07, 6.45) is 0.952. The topological polar surface area (TPSA) is 59.8 Å². The summed E-state index contributed by atoms with van der Waals surface area (Å²) in [5.74, 6) is -0.845. The fourth-order valence-corrected chi connectivity index (χ4v) is 2.25. The fraction of sp³-hybridized carbons (Fsp3) is 0.188. The van der Waals surface area contributed by atoms with E-state index in [0.29, 0.717) is 11.1 Å². The highest BCUT2D eigenvalue weighted by atomic mass is 19.1. The van der Waals surface area contributed by atoms with E-state index in [1.54, 1.807) is 35.0 Å². The Morgan fingerprint density at radius 1 is 1.27 bits per heavy atom. The van der Waals surface area contributed by atoms with Crippen molar-refractivity contribution in [1.29, 1.82) is 0 Å². The van der Waals surface area contributed by atoms with Gasteiger partial charge in [0.2, 0.25) is 0 Å². The van der Waals surface area contributed by atoms with Gasteiger partial charge in [-0.2, -0.15) is 0 Å². The minimum atomic E-state index is -0.467. The number of carbonyl (C=O) groups is 1. The van der Waals surface area contributed by atoms with Gasteiger partial charge in [-0.05, 0) is 36.8 Å². The molecule has 0 spiro atoms. The van der Waals surface area contributed by atoms with Crippen LogP contribution in [0.25, 0.3) is 11.0 Å². The first kappa shape index (κ1) is 14.2. The summed E-state index contributed by atoms with van der Waals surface area (Å²) in [7, 11) is 0. The number of rotatable bonds is 4. The van der Waals surface area contributed by atoms with Crippen LogP contribution < -0.4 is 5.32 Å². The van der Waals surface area contributed by atoms with Crippen LogP contribution in [0.3, 0.4) is 0 Å². The van der Waals surface area contributed by atoms with Crippen molar-refractivity contribution in [2.45, 2.75) is 19.9 Å². The van der Waals surface area contributed by atoms with Crippen molar-refractivity contribution in [1.82, 2.24) is 15.0 Å². The lowest BCUT2D eigenvalue weighted by molar-refractivity contribution is 0.102. The van der Waals surface area contributed by atoms with Gasteiger partial charge in [-0.3, -0.25) is 4.79 Å². The van der Waals surface area contributed by atoms with Crippen molar-refractivity contribution in [3.05, 3.63) is 53.8 Å². The predicted octanol–water partition coefficient (Wildman–Crippen LogP) is 3.23. The second-order valence-electron chi connectivity index (χ2n) is 4.95. The summed E-state index contributed by atoms with van der Waals surface area (Å²) < 4.78 is 15.4. The summed E-state index contributed by atoms with van der Waals surface area (Å²) in [6, 6.07) is 11.2. The smallest absolute Gasteiger partial charge is 0.255 e. The normalized spacial score (nSPS) is 10.8. The molecule has 2 aromatic carbocycles. The number of benzene rings is 2. The lowest BCUT2D eigenvalue weighted by atomic mass is 10.1. The van der Waals surface area contributed by atoms with Crippen LogP contribution >= 0.6 is 0 Å². The Balaban J connectivity index is 1.87. The van der Waals surface area contributed by atoms with Gasteiger partial charge in [-0.15, -0.1) is 5.10 Å². The van der Waals surface area contributed by atoms with E-state index in [2.05, 4.69) is 22.6 Å². The number of anilines is 1. The van der Waals surface area contributed by atoms with E-state index in [9.17, 15) is 9.18 Å². The van der Waals surface area contributed by atoms with Crippen LogP contribution in [0, 0.1) is 5.82 Å². The van der Waals surface area contributed by atoms with Crippen LogP contribution in [0.15, 0.2) is 42.5 Å². The Labute approximate surface area is 126 Å². The third-order valence-electron chi connectivity index (χ3n) is 3.33. The molecule has 1 amide bonds. The molecule has 0 atom stereocenters. The molecule has 3 aromatic rings. The van der Waals surface area contributed by atoms with Gasteiger partial charge in [0.05, 0.1) is 11.2 Å². The van der Waals surface area contributed by atoms with Crippen LogP contribution in [-0.2, 0) is 6.54 Å². The molecule has 3 rings (SSSR count). The molecule has 6 heteroatoms. The number of amides is 1. The lowest BCUT2D eigenvalue weighted by Crippen LogP contribution is -2.12. The molecule has 5 nitrogen and oxygen atoms in total. The second-order valence-corrected chi connectivity index (χ2v) is 4.95. The highest BCUT2D eigenvalue weighted by molar-refractivity contribution is 6.05. The monoisotopic (exact) mass is 298 g/mol. The third-order valence-corrected chi connectivity index (χ3v) is 3.33. The Bertz CT molecular complexity index is 828. The molecule has 0 aliphatic heterocycles. The van der Waals surface area contributed by atoms with E-state index in [1.807, 2.05) is 0 Å². The predicted molar refractivity (Wildman–Crippen MR) is 82.2 cm³/mol. The molecule has 0 fully saturated rings. The Morgan fingerprint density at radius 3 is 2.86 bits per heavy atom. The Morgan fingerprint density at radius 2 is 2.09 bits per heavy atom. The average molecular weight is 298 g/mol. The fourth-order valence-electron chi connectivity index (χ4n) is 2.25. The number of carbonyl (C=O) groups excluding carboxylic acids is 1. The zero-order chi connectivity index (χ0) is 15.5. The number of fused-ring (bicyclic) bond motifs is 1. The van der Waals surface area contributed by atoms with Crippen molar-refractivity contribution in [2.24, 2.45) is 0 Å². The van der Waals surface area contributed by atoms with E-state index in [4.69, 9.17) is 0 Å². The molecule has 0 bridgehead atoms.